The lowest BCUT2D eigenvalue weighted by molar-refractivity contribution is -0.124. The molecule has 0 fully saturated rings. The first kappa shape index (κ1) is 13.5. The molecule has 102 valence electrons. The average Bonchev–Trinajstić information content (AvgIpc) is 2.87. The van der Waals surface area contributed by atoms with Gasteiger partial charge in [-0.3, -0.25) is 4.79 Å². The van der Waals surface area contributed by atoms with E-state index in [2.05, 4.69) is 0 Å². The van der Waals surface area contributed by atoms with E-state index in [1.165, 1.54) is 0 Å². The lowest BCUT2D eigenvalue weighted by Gasteiger charge is -2.10. The minimum atomic E-state index is -0.428. The van der Waals surface area contributed by atoms with Gasteiger partial charge in [0, 0.05) is 22.9 Å². The monoisotopic (exact) mass is 306 g/mol. The highest BCUT2D eigenvalue weighted by atomic mass is 35.5. The summed E-state index contributed by atoms with van der Waals surface area (Å²) in [5.41, 5.74) is 1.81. The Balaban J connectivity index is 1.74. The molecule has 2 nitrogen and oxygen atoms in total. The number of ketones is 1. The van der Waals surface area contributed by atoms with E-state index in [1.807, 2.05) is 24.3 Å². The van der Waals surface area contributed by atoms with Crippen LogP contribution in [0, 0.1) is 0 Å². The van der Waals surface area contributed by atoms with E-state index < -0.39 is 6.10 Å². The van der Waals surface area contributed by atoms with Crippen molar-refractivity contribution in [3.05, 3.63) is 63.6 Å². The van der Waals surface area contributed by atoms with Crippen molar-refractivity contribution >= 4 is 29.0 Å². The highest BCUT2D eigenvalue weighted by molar-refractivity contribution is 6.33. The summed E-state index contributed by atoms with van der Waals surface area (Å²) in [4.78, 5) is 12.3. The molecule has 4 heteroatoms. The molecule has 0 N–H and O–H groups in total. The third kappa shape index (κ3) is 2.67. The number of hydrogen-bond donors (Lipinski definition) is 0. The van der Waals surface area contributed by atoms with E-state index in [9.17, 15) is 4.79 Å². The first-order valence-corrected chi connectivity index (χ1v) is 7.10. The molecule has 0 saturated heterocycles. The molecule has 0 spiro atoms. The Hall–Kier alpha value is -1.51. The Morgan fingerprint density at radius 1 is 1.20 bits per heavy atom. The van der Waals surface area contributed by atoms with Crippen molar-refractivity contribution in [1.29, 1.82) is 0 Å². The molecule has 0 radical (unpaired) electrons. The summed E-state index contributed by atoms with van der Waals surface area (Å²) in [6.45, 7) is 0. The van der Waals surface area contributed by atoms with Gasteiger partial charge >= 0.3 is 0 Å². The number of ether oxygens (including phenoxy) is 1. The Morgan fingerprint density at radius 2 is 2.00 bits per heavy atom. The second kappa shape index (κ2) is 5.47. The molecule has 1 atom stereocenters. The van der Waals surface area contributed by atoms with Gasteiger partial charge in [-0.25, -0.2) is 0 Å². The zero-order valence-corrected chi connectivity index (χ0v) is 12.1. The second-order valence-electron chi connectivity index (χ2n) is 4.80. The van der Waals surface area contributed by atoms with Crippen LogP contribution in [-0.4, -0.2) is 11.9 Å². The molecule has 3 rings (SSSR count). The summed E-state index contributed by atoms with van der Waals surface area (Å²) < 4.78 is 5.69. The summed E-state index contributed by atoms with van der Waals surface area (Å²) in [7, 11) is 0. The fraction of sp³-hybridized carbons (Fsp3) is 0.188. The summed E-state index contributed by atoms with van der Waals surface area (Å²) in [5.74, 6) is 0.813. The van der Waals surface area contributed by atoms with Gasteiger partial charge in [0.25, 0.3) is 0 Å². The number of para-hydroxylation sites is 1. The second-order valence-corrected chi connectivity index (χ2v) is 5.64. The van der Waals surface area contributed by atoms with Crippen LogP contribution in [-0.2, 0) is 17.6 Å². The van der Waals surface area contributed by atoms with Crippen LogP contribution in [0.1, 0.15) is 11.1 Å². The molecule has 0 bridgehead atoms. The Morgan fingerprint density at radius 3 is 2.80 bits per heavy atom. The van der Waals surface area contributed by atoms with E-state index in [4.69, 9.17) is 27.9 Å². The molecule has 1 aliphatic heterocycles. The largest absolute Gasteiger partial charge is 0.482 e. The van der Waals surface area contributed by atoms with Gasteiger partial charge in [0.1, 0.15) is 5.75 Å². The first-order valence-electron chi connectivity index (χ1n) is 6.34. The summed E-state index contributed by atoms with van der Waals surface area (Å²) >= 11 is 12.0. The van der Waals surface area contributed by atoms with Crippen LogP contribution >= 0.6 is 23.2 Å². The zero-order chi connectivity index (χ0) is 14.1. The maximum absolute atomic E-state index is 12.3. The predicted octanol–water partition coefficient (Wildman–Crippen LogP) is 4.11. The molecule has 2 aromatic rings. The third-order valence-corrected chi connectivity index (χ3v) is 3.98. The van der Waals surface area contributed by atoms with Crippen LogP contribution in [0.2, 0.25) is 10.0 Å². The molecule has 0 amide bonds. The van der Waals surface area contributed by atoms with Crippen LogP contribution < -0.4 is 4.74 Å². The van der Waals surface area contributed by atoms with Gasteiger partial charge in [-0.15, -0.1) is 0 Å². The van der Waals surface area contributed by atoms with Gasteiger partial charge in [-0.1, -0.05) is 41.4 Å². The predicted molar refractivity (Wildman–Crippen MR) is 79.7 cm³/mol. The highest BCUT2D eigenvalue weighted by Gasteiger charge is 2.28. The lowest BCUT2D eigenvalue weighted by Crippen LogP contribution is -2.26. The molecule has 1 heterocycles. The Labute approximate surface area is 127 Å². The number of carbonyl (C=O) groups is 1. The smallest absolute Gasteiger partial charge is 0.178 e. The van der Waals surface area contributed by atoms with E-state index in [0.717, 1.165) is 16.9 Å². The van der Waals surface area contributed by atoms with Crippen LogP contribution in [0.3, 0.4) is 0 Å². The fourth-order valence-electron chi connectivity index (χ4n) is 2.34. The number of Topliss-reactive ketones (excluding diaryl/α,β-unsaturated/α-hetero) is 1. The molecule has 1 unspecified atom stereocenters. The number of fused-ring (bicyclic) bond motifs is 1. The van der Waals surface area contributed by atoms with Crippen molar-refractivity contribution in [1.82, 2.24) is 0 Å². The van der Waals surface area contributed by atoms with Gasteiger partial charge in [0.2, 0.25) is 0 Å². The highest BCUT2D eigenvalue weighted by Crippen LogP contribution is 2.29. The van der Waals surface area contributed by atoms with E-state index in [-0.39, 0.29) is 12.2 Å². The quantitative estimate of drug-likeness (QED) is 0.853. The molecule has 20 heavy (non-hydrogen) atoms. The minimum absolute atomic E-state index is 0.0189. The molecule has 0 saturated carbocycles. The number of benzene rings is 2. The molecule has 0 aromatic heterocycles. The maximum Gasteiger partial charge on any atom is 0.178 e. The van der Waals surface area contributed by atoms with Crippen molar-refractivity contribution in [2.75, 3.05) is 0 Å². The van der Waals surface area contributed by atoms with Crippen LogP contribution in [0.25, 0.3) is 0 Å². The van der Waals surface area contributed by atoms with Gasteiger partial charge in [-0.2, -0.15) is 0 Å². The fourth-order valence-corrected chi connectivity index (χ4v) is 2.72. The maximum atomic E-state index is 12.3. The Kier molecular flexibility index (Phi) is 3.68. The molecular weight excluding hydrogens is 295 g/mol. The van der Waals surface area contributed by atoms with Crippen LogP contribution in [0.4, 0.5) is 0 Å². The zero-order valence-electron chi connectivity index (χ0n) is 10.6. The standard InChI is InChI=1S/C16H12Cl2O2/c17-12-5-6-13(18)11(7-12)8-14(19)16-9-10-3-1-2-4-15(10)20-16/h1-7,16H,8-9H2. The first-order chi connectivity index (χ1) is 9.63. The number of rotatable bonds is 3. The van der Waals surface area contributed by atoms with E-state index >= 15 is 0 Å². The molecule has 1 aliphatic rings. The van der Waals surface area contributed by atoms with Crippen LogP contribution in [0.5, 0.6) is 5.75 Å². The topological polar surface area (TPSA) is 26.3 Å². The van der Waals surface area contributed by atoms with Crippen molar-refractivity contribution in [3.63, 3.8) is 0 Å². The normalized spacial score (nSPS) is 16.6. The van der Waals surface area contributed by atoms with Crippen molar-refractivity contribution in [2.24, 2.45) is 0 Å². The summed E-state index contributed by atoms with van der Waals surface area (Å²) in [5, 5.41) is 1.13. The van der Waals surface area contributed by atoms with Crippen molar-refractivity contribution < 1.29 is 9.53 Å². The summed E-state index contributed by atoms with van der Waals surface area (Å²) in [6.07, 6.45) is 0.424. The van der Waals surface area contributed by atoms with Gasteiger partial charge in [0.15, 0.2) is 11.9 Å². The third-order valence-electron chi connectivity index (χ3n) is 3.38. The average molecular weight is 307 g/mol. The van der Waals surface area contributed by atoms with Crippen molar-refractivity contribution in [2.45, 2.75) is 18.9 Å². The number of hydrogen-bond acceptors (Lipinski definition) is 2. The minimum Gasteiger partial charge on any atom is -0.482 e. The van der Waals surface area contributed by atoms with E-state index in [1.54, 1.807) is 18.2 Å². The van der Waals surface area contributed by atoms with E-state index in [0.29, 0.717) is 16.5 Å². The van der Waals surface area contributed by atoms with Gasteiger partial charge in [-0.05, 0) is 35.4 Å². The van der Waals surface area contributed by atoms with Gasteiger partial charge in [0.05, 0.1) is 0 Å². The summed E-state index contributed by atoms with van der Waals surface area (Å²) in [6, 6.07) is 12.9. The SMILES string of the molecule is O=C(Cc1cc(Cl)ccc1Cl)C1Cc2ccccc2O1. The van der Waals surface area contributed by atoms with Crippen LogP contribution in [0.15, 0.2) is 42.5 Å². The van der Waals surface area contributed by atoms with Gasteiger partial charge < -0.3 is 4.74 Å². The Bertz CT molecular complexity index is 642. The van der Waals surface area contributed by atoms with Crippen molar-refractivity contribution in [3.8, 4) is 5.75 Å². The molecular formula is C16H12Cl2O2. The molecule has 0 aliphatic carbocycles. The number of carbonyl (C=O) groups excluding carboxylic acids is 1. The number of halogens is 2. The lowest BCUT2D eigenvalue weighted by atomic mass is 10.0. The molecule has 2 aromatic carbocycles.